The lowest BCUT2D eigenvalue weighted by atomic mass is 10.0. The lowest BCUT2D eigenvalue weighted by molar-refractivity contribution is -0.120. The third-order valence-electron chi connectivity index (χ3n) is 11.7. The van der Waals surface area contributed by atoms with E-state index in [4.69, 9.17) is 4.74 Å². The van der Waals surface area contributed by atoms with Gasteiger partial charge in [-0.3, -0.25) is 19.7 Å². The SMILES string of the molecule is CC(Cc1ccc(F)c(CC(=O)NCc2ccc(N(C)C(=O)CCN3CCC(OC(=O)Nc4ccccc4-c4ccccc4)CC3)cc2)c1)NCCc1ccc(O)c2[nH]c(=O)ccc12. The average Bonchev–Trinajstić information content (AvgIpc) is 3.30. The zero-order valence-corrected chi connectivity index (χ0v) is 36.2. The summed E-state index contributed by atoms with van der Waals surface area (Å²) in [5, 5.41) is 20.2. The Bertz CT molecular complexity index is 2610. The topological polar surface area (TPSA) is 156 Å². The number of para-hydroxylation sites is 1. The van der Waals surface area contributed by atoms with E-state index in [0.29, 0.717) is 62.0 Å². The summed E-state index contributed by atoms with van der Waals surface area (Å²) in [7, 11) is 1.75. The minimum atomic E-state index is -0.475. The molecule has 5 N–H and O–H groups in total. The number of hydrogen-bond donors (Lipinski definition) is 5. The van der Waals surface area contributed by atoms with Crippen molar-refractivity contribution in [2.45, 2.75) is 64.1 Å². The van der Waals surface area contributed by atoms with Gasteiger partial charge in [-0.25, -0.2) is 9.18 Å². The van der Waals surface area contributed by atoms with E-state index in [1.54, 1.807) is 36.2 Å². The fourth-order valence-electron chi connectivity index (χ4n) is 8.13. The smallest absolute Gasteiger partial charge is 0.411 e. The maximum absolute atomic E-state index is 14.8. The third kappa shape index (κ3) is 12.2. The average molecular weight is 867 g/mol. The van der Waals surface area contributed by atoms with Gasteiger partial charge in [0.25, 0.3) is 0 Å². The highest BCUT2D eigenvalue weighted by Crippen LogP contribution is 2.29. The Morgan fingerprint density at radius 3 is 2.41 bits per heavy atom. The number of piperidine rings is 1. The van der Waals surface area contributed by atoms with Gasteiger partial charge in [-0.1, -0.05) is 78.9 Å². The van der Waals surface area contributed by atoms with E-state index in [-0.39, 0.29) is 48.2 Å². The van der Waals surface area contributed by atoms with Crippen molar-refractivity contribution in [3.05, 3.63) is 160 Å². The molecule has 1 aromatic heterocycles. The number of benzene rings is 5. The summed E-state index contributed by atoms with van der Waals surface area (Å²) in [6.45, 7) is 4.99. The fourth-order valence-corrected chi connectivity index (χ4v) is 8.13. The van der Waals surface area contributed by atoms with Gasteiger partial charge in [-0.15, -0.1) is 0 Å². The monoisotopic (exact) mass is 866 g/mol. The molecule has 0 radical (unpaired) electrons. The Balaban J connectivity index is 0.796. The van der Waals surface area contributed by atoms with Gasteiger partial charge in [0.05, 0.1) is 17.6 Å². The number of ether oxygens (including phenoxy) is 1. The molecule has 3 amide bonds. The predicted octanol–water partition coefficient (Wildman–Crippen LogP) is 7.73. The molecule has 332 valence electrons. The first kappa shape index (κ1) is 45.2. The van der Waals surface area contributed by atoms with Crippen molar-refractivity contribution in [1.29, 1.82) is 0 Å². The molecule has 1 aliphatic rings. The van der Waals surface area contributed by atoms with Crippen LogP contribution in [0.3, 0.4) is 0 Å². The molecule has 0 saturated carbocycles. The van der Waals surface area contributed by atoms with Gasteiger partial charge in [0.15, 0.2) is 0 Å². The van der Waals surface area contributed by atoms with Crippen LogP contribution in [0, 0.1) is 5.82 Å². The molecule has 1 saturated heterocycles. The van der Waals surface area contributed by atoms with Gasteiger partial charge in [0, 0.05) is 68.4 Å². The molecule has 7 rings (SSSR count). The first-order valence-electron chi connectivity index (χ1n) is 21.8. The van der Waals surface area contributed by atoms with E-state index in [9.17, 15) is 28.7 Å². The summed E-state index contributed by atoms with van der Waals surface area (Å²) >= 11 is 0. The van der Waals surface area contributed by atoms with Crippen LogP contribution in [0.2, 0.25) is 0 Å². The van der Waals surface area contributed by atoms with Gasteiger partial charge in [-0.05, 0) is 103 Å². The van der Waals surface area contributed by atoms with Crippen molar-refractivity contribution in [2.75, 3.05) is 43.4 Å². The molecule has 64 heavy (non-hydrogen) atoms. The molecule has 1 aliphatic heterocycles. The number of rotatable bonds is 17. The minimum absolute atomic E-state index is 0.0207. The molecule has 0 bridgehead atoms. The molecule has 12 nitrogen and oxygen atoms in total. The van der Waals surface area contributed by atoms with E-state index < -0.39 is 11.9 Å². The Morgan fingerprint density at radius 1 is 0.891 bits per heavy atom. The maximum Gasteiger partial charge on any atom is 0.411 e. The highest BCUT2D eigenvalue weighted by molar-refractivity contribution is 5.93. The Labute approximate surface area is 372 Å². The first-order valence-corrected chi connectivity index (χ1v) is 21.8. The Kier molecular flexibility index (Phi) is 15.2. The molecule has 13 heteroatoms. The predicted molar refractivity (Wildman–Crippen MR) is 249 cm³/mol. The van der Waals surface area contributed by atoms with E-state index in [0.717, 1.165) is 52.0 Å². The molecule has 6 aromatic rings. The van der Waals surface area contributed by atoms with Crippen LogP contribution in [0.15, 0.2) is 126 Å². The number of carbonyl (C=O) groups excluding carboxylic acids is 3. The van der Waals surface area contributed by atoms with Crippen molar-refractivity contribution in [2.24, 2.45) is 0 Å². The van der Waals surface area contributed by atoms with Crippen molar-refractivity contribution >= 4 is 40.2 Å². The quantitative estimate of drug-likeness (QED) is 0.0624. The van der Waals surface area contributed by atoms with E-state index in [2.05, 4.69) is 25.8 Å². The molecule has 1 fully saturated rings. The summed E-state index contributed by atoms with van der Waals surface area (Å²) in [5.41, 5.74) is 6.58. The second-order valence-corrected chi connectivity index (χ2v) is 16.4. The largest absolute Gasteiger partial charge is 0.506 e. The number of phenols is 1. The zero-order chi connectivity index (χ0) is 45.0. The Hall–Kier alpha value is -6.83. The van der Waals surface area contributed by atoms with Crippen LogP contribution in [-0.4, -0.2) is 78.3 Å². The molecule has 5 aromatic carbocycles. The number of aromatic nitrogens is 1. The number of anilines is 2. The second kappa shape index (κ2) is 21.5. The molecule has 0 spiro atoms. The highest BCUT2D eigenvalue weighted by atomic mass is 19.1. The third-order valence-corrected chi connectivity index (χ3v) is 11.7. The van der Waals surface area contributed by atoms with Gasteiger partial charge >= 0.3 is 6.09 Å². The van der Waals surface area contributed by atoms with E-state index >= 15 is 0 Å². The number of aromatic amines is 1. The van der Waals surface area contributed by atoms with Gasteiger partial charge in [0.2, 0.25) is 17.4 Å². The number of nitrogens with zero attached hydrogens (tertiary/aromatic N) is 2. The number of H-pyrrole nitrogens is 1. The van der Waals surface area contributed by atoms with Crippen LogP contribution >= 0.6 is 0 Å². The summed E-state index contributed by atoms with van der Waals surface area (Å²) in [5.74, 6) is -0.729. The van der Waals surface area contributed by atoms with Crippen LogP contribution in [-0.2, 0) is 40.1 Å². The van der Waals surface area contributed by atoms with Gasteiger partial charge in [0.1, 0.15) is 17.7 Å². The maximum atomic E-state index is 14.8. The van der Waals surface area contributed by atoms with Gasteiger partial charge in [-0.2, -0.15) is 0 Å². The molecular formula is C51H55FN6O6. The van der Waals surface area contributed by atoms with Crippen LogP contribution < -0.4 is 26.4 Å². The zero-order valence-electron chi connectivity index (χ0n) is 36.2. The summed E-state index contributed by atoms with van der Waals surface area (Å²) in [6.07, 6.45) is 2.24. The minimum Gasteiger partial charge on any atom is -0.506 e. The van der Waals surface area contributed by atoms with Crippen LogP contribution in [0.4, 0.5) is 20.6 Å². The second-order valence-electron chi connectivity index (χ2n) is 16.4. The molecule has 1 atom stereocenters. The molecule has 2 heterocycles. The standard InChI is InChI=1S/C51H55FN6O6/c1-34(53-26-22-38-15-20-46(59)50-43(38)18-21-47(60)56-50)30-36-14-19-44(52)39(31-36)32-48(61)54-33-35-12-16-40(17-13-35)57(2)49(62)25-29-58-27-23-41(24-28-58)64-51(63)55-45-11-7-6-10-42(45)37-8-4-3-5-9-37/h3-21,31,34,41,53,59H,22-30,32-33H2,1-2H3,(H,54,61)(H,55,63)(H,56,60). The normalized spacial score (nSPS) is 13.6. The number of amides is 3. The highest BCUT2D eigenvalue weighted by Gasteiger charge is 2.24. The van der Waals surface area contributed by atoms with Crippen molar-refractivity contribution in [3.8, 4) is 16.9 Å². The number of pyridine rings is 1. The van der Waals surface area contributed by atoms with Crippen LogP contribution in [0.25, 0.3) is 22.0 Å². The molecule has 0 aliphatic carbocycles. The summed E-state index contributed by atoms with van der Waals surface area (Å²) in [4.78, 5) is 57.2. The number of halogens is 1. The van der Waals surface area contributed by atoms with Crippen LogP contribution in [0.5, 0.6) is 5.75 Å². The summed E-state index contributed by atoms with van der Waals surface area (Å²) in [6, 6.07) is 36.5. The number of nitrogens with one attached hydrogen (secondary N) is 4. The molecule has 1 unspecified atom stereocenters. The fraction of sp³-hybridized carbons (Fsp3) is 0.294. The van der Waals surface area contributed by atoms with E-state index in [1.165, 1.54) is 12.1 Å². The summed E-state index contributed by atoms with van der Waals surface area (Å²) < 4.78 is 20.6. The number of fused-ring (bicyclic) bond motifs is 1. The molecular weight excluding hydrogens is 812 g/mol. The van der Waals surface area contributed by atoms with Gasteiger partial charge < -0.3 is 35.3 Å². The number of phenolic OH excluding ortho intramolecular Hbond substituents is 1. The number of aromatic hydroxyl groups is 1. The number of likely N-dealkylation sites (tertiary alicyclic amines) is 1. The Morgan fingerprint density at radius 2 is 1.62 bits per heavy atom. The van der Waals surface area contributed by atoms with Crippen molar-refractivity contribution < 1.29 is 28.6 Å². The van der Waals surface area contributed by atoms with E-state index in [1.807, 2.05) is 91.9 Å². The van der Waals surface area contributed by atoms with Crippen molar-refractivity contribution in [1.82, 2.24) is 20.5 Å². The number of hydrogen-bond acceptors (Lipinski definition) is 8. The number of carbonyl (C=O) groups is 3. The van der Waals surface area contributed by atoms with Crippen LogP contribution in [0.1, 0.15) is 48.4 Å². The first-order chi connectivity index (χ1) is 31.0. The lowest BCUT2D eigenvalue weighted by Crippen LogP contribution is -2.40. The van der Waals surface area contributed by atoms with Crippen molar-refractivity contribution in [3.63, 3.8) is 0 Å². The lowest BCUT2D eigenvalue weighted by Gasteiger charge is -2.31.